The number of esters is 1. The number of phenols is 4. The van der Waals surface area contributed by atoms with E-state index in [0.29, 0.717) is 0 Å². The second kappa shape index (κ2) is 10.1. The Morgan fingerprint density at radius 3 is 2.35 bits per heavy atom. The highest BCUT2D eigenvalue weighted by atomic mass is 16.7. The standard InChI is InChI=1S/C24H24O13/c1-9(25)34-8-18-20(30)21(31)22(32)24(37-18)36-17-7-12-13(27)5-11(26)6-15(12)35-23(17)10-3-14(28)19(29)16(4-10)33-2/h3-7,18,20-22,24,30-32H,8H2,1-2H3,(H3-,26,27,28,29)/p+1/t18-,20+,21+,22-,24?/m1/s1. The number of carbonyl (C=O) groups excluding carboxylic acids is 1. The molecule has 1 aromatic heterocycles. The highest BCUT2D eigenvalue weighted by Crippen LogP contribution is 2.45. The van der Waals surface area contributed by atoms with Gasteiger partial charge in [0.05, 0.1) is 18.7 Å². The molecule has 2 heterocycles. The number of carbonyl (C=O) groups is 1. The van der Waals surface area contributed by atoms with Gasteiger partial charge in [-0.1, -0.05) is 0 Å². The van der Waals surface area contributed by atoms with E-state index >= 15 is 0 Å². The van der Waals surface area contributed by atoms with Crippen LogP contribution in [0.3, 0.4) is 0 Å². The zero-order valence-corrected chi connectivity index (χ0v) is 19.6. The van der Waals surface area contributed by atoms with E-state index in [1.807, 2.05) is 0 Å². The molecule has 1 unspecified atom stereocenters. The van der Waals surface area contributed by atoms with E-state index in [2.05, 4.69) is 0 Å². The minimum absolute atomic E-state index is 0.000292. The van der Waals surface area contributed by atoms with E-state index in [4.69, 9.17) is 23.4 Å². The number of aliphatic hydroxyl groups is 3. The number of hydrogen-bond donors (Lipinski definition) is 7. The van der Waals surface area contributed by atoms with Crippen LogP contribution >= 0.6 is 0 Å². The first-order valence-corrected chi connectivity index (χ1v) is 10.9. The van der Waals surface area contributed by atoms with Gasteiger partial charge in [0.1, 0.15) is 47.9 Å². The Balaban J connectivity index is 1.82. The number of aliphatic hydroxyl groups excluding tert-OH is 3. The predicted molar refractivity (Wildman–Crippen MR) is 123 cm³/mol. The Morgan fingerprint density at radius 1 is 0.946 bits per heavy atom. The third kappa shape index (κ3) is 5.11. The SMILES string of the molecule is COc1cc(-c2[o+]c3cc(O)cc(O)c3cc2OC2O[C@H](COC(C)=O)[C@H](O)[C@H](O)[C@H]2O)cc(O)c1O. The lowest BCUT2D eigenvalue weighted by atomic mass is 9.99. The summed E-state index contributed by atoms with van der Waals surface area (Å²) in [5, 5.41) is 71.6. The third-order valence-electron chi connectivity index (χ3n) is 5.72. The molecule has 0 aliphatic carbocycles. The number of rotatable bonds is 6. The van der Waals surface area contributed by atoms with Gasteiger partial charge in [-0.3, -0.25) is 4.79 Å². The summed E-state index contributed by atoms with van der Waals surface area (Å²) < 4.78 is 27.1. The summed E-state index contributed by atoms with van der Waals surface area (Å²) in [5.74, 6) is -2.89. The molecule has 3 aromatic rings. The maximum absolute atomic E-state index is 11.2. The summed E-state index contributed by atoms with van der Waals surface area (Å²) in [6.45, 7) is 0.696. The van der Waals surface area contributed by atoms with E-state index in [1.54, 1.807) is 0 Å². The molecular weight excluding hydrogens is 496 g/mol. The zero-order chi connectivity index (χ0) is 27.0. The number of aromatic hydroxyl groups is 4. The molecule has 13 heteroatoms. The van der Waals surface area contributed by atoms with Crippen LogP contribution in [0.15, 0.2) is 34.7 Å². The van der Waals surface area contributed by atoms with E-state index in [-0.39, 0.29) is 45.3 Å². The summed E-state index contributed by atoms with van der Waals surface area (Å²) in [4.78, 5) is 11.2. The number of benzene rings is 2. The van der Waals surface area contributed by atoms with E-state index < -0.39 is 54.8 Å². The van der Waals surface area contributed by atoms with E-state index in [1.165, 1.54) is 25.3 Å². The molecule has 1 saturated heterocycles. The van der Waals surface area contributed by atoms with Gasteiger partial charge in [0.15, 0.2) is 11.5 Å². The number of phenolic OH excluding ortho intramolecular Hbond substituents is 4. The van der Waals surface area contributed by atoms with Crippen LogP contribution in [-0.4, -0.2) is 86.1 Å². The van der Waals surface area contributed by atoms with Gasteiger partial charge in [-0.25, -0.2) is 4.42 Å². The summed E-state index contributed by atoms with van der Waals surface area (Å²) >= 11 is 0. The van der Waals surface area contributed by atoms with Crippen molar-refractivity contribution >= 4 is 16.9 Å². The Hall–Kier alpha value is -4.04. The topological polar surface area (TPSA) is 207 Å². The van der Waals surface area contributed by atoms with Crippen molar-refractivity contribution in [3.63, 3.8) is 0 Å². The molecule has 7 N–H and O–H groups in total. The third-order valence-corrected chi connectivity index (χ3v) is 5.72. The van der Waals surface area contributed by atoms with Crippen molar-refractivity contribution in [2.75, 3.05) is 13.7 Å². The molecule has 198 valence electrons. The highest BCUT2D eigenvalue weighted by Gasteiger charge is 2.46. The van der Waals surface area contributed by atoms with Crippen molar-refractivity contribution in [1.82, 2.24) is 0 Å². The van der Waals surface area contributed by atoms with Gasteiger partial charge in [0.2, 0.25) is 17.8 Å². The van der Waals surface area contributed by atoms with Gasteiger partial charge in [-0.05, 0) is 0 Å². The Kier molecular flexibility index (Phi) is 7.14. The monoisotopic (exact) mass is 521 g/mol. The van der Waals surface area contributed by atoms with Crippen molar-refractivity contribution in [3.05, 3.63) is 30.3 Å². The molecule has 37 heavy (non-hydrogen) atoms. The van der Waals surface area contributed by atoms with Gasteiger partial charge < -0.3 is 54.7 Å². The molecule has 0 bridgehead atoms. The lowest BCUT2D eigenvalue weighted by Crippen LogP contribution is -2.60. The average Bonchev–Trinajstić information content (AvgIpc) is 2.85. The van der Waals surface area contributed by atoms with Gasteiger partial charge in [-0.15, -0.1) is 0 Å². The largest absolute Gasteiger partial charge is 0.507 e. The summed E-state index contributed by atoms with van der Waals surface area (Å²) in [7, 11) is 1.26. The molecule has 1 aliphatic heterocycles. The number of fused-ring (bicyclic) bond motifs is 1. The van der Waals surface area contributed by atoms with Crippen LogP contribution in [0.1, 0.15) is 6.92 Å². The molecule has 1 aliphatic rings. The minimum Gasteiger partial charge on any atom is -0.507 e. The van der Waals surface area contributed by atoms with Crippen LogP contribution in [0.5, 0.6) is 34.5 Å². The van der Waals surface area contributed by atoms with Gasteiger partial charge in [-0.2, -0.15) is 0 Å². The smallest absolute Gasteiger partial charge is 0.402 e. The highest BCUT2D eigenvalue weighted by molar-refractivity contribution is 5.88. The van der Waals surface area contributed by atoms with Crippen LogP contribution in [-0.2, 0) is 14.3 Å². The Bertz CT molecular complexity index is 1320. The zero-order valence-electron chi connectivity index (χ0n) is 19.6. The lowest BCUT2D eigenvalue weighted by Gasteiger charge is -2.39. The fourth-order valence-electron chi connectivity index (χ4n) is 3.83. The van der Waals surface area contributed by atoms with Crippen molar-refractivity contribution in [3.8, 4) is 45.8 Å². The van der Waals surface area contributed by atoms with Crippen molar-refractivity contribution < 1.29 is 63.9 Å². The first kappa shape index (κ1) is 26.0. The summed E-state index contributed by atoms with van der Waals surface area (Å²) in [5.41, 5.74) is 0.105. The molecule has 4 rings (SSSR count). The molecule has 0 radical (unpaired) electrons. The second-order valence-corrected chi connectivity index (χ2v) is 8.30. The second-order valence-electron chi connectivity index (χ2n) is 8.30. The number of ether oxygens (including phenoxy) is 4. The lowest BCUT2D eigenvalue weighted by molar-refractivity contribution is -0.278. The minimum atomic E-state index is -1.77. The van der Waals surface area contributed by atoms with Crippen LogP contribution in [0.4, 0.5) is 0 Å². The molecule has 0 saturated carbocycles. The number of methoxy groups -OCH3 is 1. The number of hydrogen-bond acceptors (Lipinski definition) is 12. The molecule has 1 fully saturated rings. The van der Waals surface area contributed by atoms with Crippen LogP contribution < -0.4 is 9.47 Å². The first-order chi connectivity index (χ1) is 17.5. The quantitative estimate of drug-likeness (QED) is 0.137. The molecule has 5 atom stereocenters. The molecule has 0 amide bonds. The summed E-state index contributed by atoms with van der Waals surface area (Å²) in [6, 6.07) is 5.97. The van der Waals surface area contributed by atoms with Gasteiger partial charge in [0.25, 0.3) is 0 Å². The van der Waals surface area contributed by atoms with E-state index in [9.17, 15) is 40.5 Å². The van der Waals surface area contributed by atoms with Crippen molar-refractivity contribution in [2.45, 2.75) is 37.6 Å². The Labute approximate surface area is 208 Å². The summed E-state index contributed by atoms with van der Waals surface area (Å²) in [6.07, 6.45) is -8.03. The van der Waals surface area contributed by atoms with Crippen LogP contribution in [0, 0.1) is 0 Å². The molecular formula is C24H25O13+. The van der Waals surface area contributed by atoms with E-state index in [0.717, 1.165) is 19.1 Å². The maximum Gasteiger partial charge on any atom is 0.402 e. The maximum atomic E-state index is 11.2. The fourth-order valence-corrected chi connectivity index (χ4v) is 3.83. The molecule has 13 nitrogen and oxygen atoms in total. The van der Waals surface area contributed by atoms with Gasteiger partial charge >= 0.3 is 17.3 Å². The average molecular weight is 521 g/mol. The van der Waals surface area contributed by atoms with Gasteiger partial charge in [0, 0.05) is 31.2 Å². The van der Waals surface area contributed by atoms with Crippen LogP contribution in [0.25, 0.3) is 22.3 Å². The normalized spacial score (nSPS) is 23.5. The van der Waals surface area contributed by atoms with Crippen molar-refractivity contribution in [2.24, 2.45) is 0 Å². The molecule has 2 aromatic carbocycles. The predicted octanol–water partition coefficient (Wildman–Crippen LogP) is 0.961. The first-order valence-electron chi connectivity index (χ1n) is 10.9. The van der Waals surface area contributed by atoms with Crippen LogP contribution in [0.2, 0.25) is 0 Å². The molecule has 0 spiro atoms. The van der Waals surface area contributed by atoms with Crippen molar-refractivity contribution in [1.29, 1.82) is 0 Å². The fraction of sp³-hybridized carbons (Fsp3) is 0.333. The Morgan fingerprint density at radius 2 is 1.68 bits per heavy atom.